The van der Waals surface area contributed by atoms with Gasteiger partial charge >= 0.3 is 6.09 Å². The summed E-state index contributed by atoms with van der Waals surface area (Å²) in [6.45, 7) is 5.52. The Balaban J connectivity index is 1.51. The predicted molar refractivity (Wildman–Crippen MR) is 142 cm³/mol. The Hall–Kier alpha value is -3.43. The summed E-state index contributed by atoms with van der Waals surface area (Å²) in [5, 5.41) is 3.67. The monoisotopic (exact) mass is 485 g/mol. The molecule has 3 aromatic carbocycles. The second-order valence-corrected chi connectivity index (χ2v) is 12.6. The second-order valence-electron chi connectivity index (χ2n) is 8.99. The maximum atomic E-state index is 14.2. The van der Waals surface area contributed by atoms with E-state index < -0.39 is 7.26 Å². The highest BCUT2D eigenvalue weighted by atomic mass is 31.2. The molecule has 2 saturated heterocycles. The number of likely N-dealkylation sites (tertiary alicyclic amines) is 2. The Morgan fingerprint density at radius 3 is 1.83 bits per heavy atom. The molecule has 0 aromatic heterocycles. The molecule has 2 aliphatic heterocycles. The minimum Gasteiger partial charge on any atom is -0.445 e. The van der Waals surface area contributed by atoms with Crippen molar-refractivity contribution in [1.82, 2.24) is 9.80 Å². The summed E-state index contributed by atoms with van der Waals surface area (Å²) in [5.74, 6) is 0.194. The van der Waals surface area contributed by atoms with Gasteiger partial charge in [0.15, 0.2) is 5.66 Å². The number of benzene rings is 3. The van der Waals surface area contributed by atoms with Crippen molar-refractivity contribution < 1.29 is 14.3 Å². The van der Waals surface area contributed by atoms with E-state index >= 15 is 0 Å². The first kappa shape index (κ1) is 23.3. The Morgan fingerprint density at radius 1 is 0.886 bits per heavy atom. The van der Waals surface area contributed by atoms with E-state index in [4.69, 9.17) is 4.74 Å². The third-order valence-electron chi connectivity index (χ3n) is 7.06. The molecule has 2 aliphatic rings. The molecule has 1 atom stereocenters. The molecule has 0 bridgehead atoms. The minimum atomic E-state index is -2.28. The molecule has 0 saturated carbocycles. The van der Waals surface area contributed by atoms with E-state index in [1.54, 1.807) is 11.0 Å². The van der Waals surface area contributed by atoms with Gasteiger partial charge in [-0.3, -0.25) is 4.79 Å². The van der Waals surface area contributed by atoms with Crippen LogP contribution in [0.5, 0.6) is 0 Å². The molecule has 2 amide bonds. The number of amides is 2. The highest BCUT2D eigenvalue weighted by molar-refractivity contribution is 7.96. The molecular weight excluding hydrogens is 455 g/mol. The zero-order valence-electron chi connectivity index (χ0n) is 19.7. The normalized spacial score (nSPS) is 18.3. The average molecular weight is 486 g/mol. The van der Waals surface area contributed by atoms with Gasteiger partial charge in [-0.25, -0.2) is 4.79 Å². The van der Waals surface area contributed by atoms with Gasteiger partial charge < -0.3 is 14.5 Å². The van der Waals surface area contributed by atoms with Crippen molar-refractivity contribution in [1.29, 1.82) is 0 Å². The summed E-state index contributed by atoms with van der Waals surface area (Å²) < 4.78 is 5.15. The van der Waals surface area contributed by atoms with Crippen LogP contribution in [0.2, 0.25) is 0 Å². The van der Waals surface area contributed by atoms with Crippen LogP contribution in [-0.2, 0) is 9.53 Å². The van der Waals surface area contributed by atoms with Crippen LogP contribution in [0.3, 0.4) is 0 Å². The van der Waals surface area contributed by atoms with E-state index in [1.807, 2.05) is 23.1 Å². The van der Waals surface area contributed by atoms with Crippen molar-refractivity contribution in [3.8, 4) is 0 Å². The molecular formula is C29H30N2O3P+. The third-order valence-corrected chi connectivity index (χ3v) is 11.8. The van der Waals surface area contributed by atoms with Gasteiger partial charge in [0.25, 0.3) is 5.91 Å². The molecule has 0 radical (unpaired) electrons. The van der Waals surface area contributed by atoms with E-state index in [9.17, 15) is 9.59 Å². The fourth-order valence-corrected chi connectivity index (χ4v) is 10.3. The van der Waals surface area contributed by atoms with Crippen molar-refractivity contribution in [2.75, 3.05) is 26.2 Å². The van der Waals surface area contributed by atoms with Crippen LogP contribution < -0.4 is 15.9 Å². The van der Waals surface area contributed by atoms with E-state index in [2.05, 4.69) is 79.4 Å². The summed E-state index contributed by atoms with van der Waals surface area (Å²) in [6.07, 6.45) is 2.01. The van der Waals surface area contributed by atoms with E-state index in [0.717, 1.165) is 6.42 Å². The molecule has 0 N–H and O–H groups in total. The maximum absolute atomic E-state index is 14.2. The molecule has 0 aliphatic carbocycles. The zero-order valence-corrected chi connectivity index (χ0v) is 20.6. The second kappa shape index (κ2) is 10.1. The molecule has 6 heteroatoms. The fourth-order valence-electron chi connectivity index (χ4n) is 5.41. The van der Waals surface area contributed by atoms with Gasteiger partial charge in [-0.2, -0.15) is 0 Å². The highest BCUT2D eigenvalue weighted by Gasteiger charge is 2.60. The lowest BCUT2D eigenvalue weighted by molar-refractivity contribution is -0.132. The van der Waals surface area contributed by atoms with Crippen LogP contribution in [0.25, 0.3) is 0 Å². The van der Waals surface area contributed by atoms with Gasteiger partial charge in [0, 0.05) is 26.1 Å². The quantitative estimate of drug-likeness (QED) is 0.380. The lowest BCUT2D eigenvalue weighted by atomic mass is 10.1. The summed E-state index contributed by atoms with van der Waals surface area (Å²) in [6, 6.07) is 31.7. The Morgan fingerprint density at radius 2 is 1.37 bits per heavy atom. The standard InChI is InChI=1S/C29H30N2O3P/c1-2-20-34-29(33)30-21-23(22-30)31-19-18-27(28(31)32)35(24-12-6-3-7-13-24,25-14-8-4-9-15-25)26-16-10-5-11-17-26/h2-17,23,27H,1,18-22H2/q+1. The van der Waals surface area contributed by atoms with Crippen LogP contribution in [0.15, 0.2) is 104 Å². The number of ether oxygens (including phenoxy) is 1. The summed E-state index contributed by atoms with van der Waals surface area (Å²) in [4.78, 5) is 30.0. The van der Waals surface area contributed by atoms with E-state index in [1.165, 1.54) is 15.9 Å². The van der Waals surface area contributed by atoms with Crippen LogP contribution in [0, 0.1) is 0 Å². The third kappa shape index (κ3) is 4.15. The lowest BCUT2D eigenvalue weighted by Crippen LogP contribution is -2.62. The smallest absolute Gasteiger partial charge is 0.410 e. The number of carbonyl (C=O) groups is 2. The number of rotatable bonds is 7. The van der Waals surface area contributed by atoms with Crippen molar-refractivity contribution >= 4 is 35.2 Å². The van der Waals surface area contributed by atoms with Gasteiger partial charge in [-0.05, 0) is 36.4 Å². The van der Waals surface area contributed by atoms with E-state index in [0.29, 0.717) is 19.6 Å². The largest absolute Gasteiger partial charge is 0.445 e. The number of nitrogens with zero attached hydrogens (tertiary/aromatic N) is 2. The Bertz CT molecular complexity index is 1080. The number of hydrogen-bond acceptors (Lipinski definition) is 3. The first-order chi connectivity index (χ1) is 17.2. The van der Waals surface area contributed by atoms with Gasteiger partial charge in [0.05, 0.1) is 6.04 Å². The SMILES string of the molecule is C=CCOC(=O)N1CC(N2CCC([P+](c3ccccc3)(c3ccccc3)c3ccccc3)C2=O)C1. The first-order valence-corrected chi connectivity index (χ1v) is 13.9. The van der Waals surface area contributed by atoms with Crippen LogP contribution in [0.4, 0.5) is 4.79 Å². The van der Waals surface area contributed by atoms with E-state index in [-0.39, 0.29) is 30.3 Å². The molecule has 1 unspecified atom stereocenters. The first-order valence-electron chi connectivity index (χ1n) is 12.0. The Kier molecular flexibility index (Phi) is 6.70. The molecule has 3 aromatic rings. The molecule has 2 heterocycles. The zero-order chi connectivity index (χ0) is 24.3. The van der Waals surface area contributed by atoms with Gasteiger partial charge in [-0.1, -0.05) is 67.3 Å². The molecule has 5 rings (SSSR count). The molecule has 5 nitrogen and oxygen atoms in total. The average Bonchev–Trinajstić information content (AvgIpc) is 3.25. The van der Waals surface area contributed by atoms with Crippen molar-refractivity contribution in [2.45, 2.75) is 18.1 Å². The highest BCUT2D eigenvalue weighted by Crippen LogP contribution is 2.62. The molecule has 0 spiro atoms. The summed E-state index contributed by atoms with van der Waals surface area (Å²) in [5.41, 5.74) is -0.142. The molecule has 178 valence electrons. The predicted octanol–water partition coefficient (Wildman–Crippen LogP) is 3.59. The summed E-state index contributed by atoms with van der Waals surface area (Å²) in [7, 11) is -2.28. The fraction of sp³-hybridized carbons (Fsp3) is 0.241. The number of hydrogen-bond donors (Lipinski definition) is 0. The van der Waals surface area contributed by atoms with Crippen LogP contribution in [0.1, 0.15) is 6.42 Å². The molecule has 2 fully saturated rings. The van der Waals surface area contributed by atoms with Crippen LogP contribution >= 0.6 is 7.26 Å². The maximum Gasteiger partial charge on any atom is 0.410 e. The minimum absolute atomic E-state index is 0.0352. The van der Waals surface area contributed by atoms with Crippen molar-refractivity contribution in [3.05, 3.63) is 104 Å². The van der Waals surface area contributed by atoms with Crippen molar-refractivity contribution in [3.63, 3.8) is 0 Å². The number of carbonyl (C=O) groups excluding carboxylic acids is 2. The van der Waals surface area contributed by atoms with Gasteiger partial charge in [0.1, 0.15) is 29.8 Å². The van der Waals surface area contributed by atoms with Gasteiger partial charge in [-0.15, -0.1) is 0 Å². The van der Waals surface area contributed by atoms with Gasteiger partial charge in [0.2, 0.25) is 0 Å². The van der Waals surface area contributed by atoms with Crippen LogP contribution in [-0.4, -0.2) is 59.7 Å². The summed E-state index contributed by atoms with van der Waals surface area (Å²) >= 11 is 0. The topological polar surface area (TPSA) is 49.9 Å². The Labute approximate surface area is 207 Å². The lowest BCUT2D eigenvalue weighted by Gasteiger charge is -2.43. The molecule has 35 heavy (non-hydrogen) atoms. The van der Waals surface area contributed by atoms with Crippen molar-refractivity contribution in [2.24, 2.45) is 0 Å².